The minimum absolute atomic E-state index is 0.0994. The molecule has 1 aromatic rings. The Morgan fingerprint density at radius 3 is 2.80 bits per heavy atom. The molecule has 1 heterocycles. The van der Waals surface area contributed by atoms with Crippen LogP contribution in [0.25, 0.3) is 0 Å². The first kappa shape index (κ1) is 11.9. The Labute approximate surface area is 89.9 Å². The van der Waals surface area contributed by atoms with Crippen LogP contribution in [-0.2, 0) is 4.74 Å². The number of rotatable bonds is 5. The van der Waals surface area contributed by atoms with Gasteiger partial charge in [-0.15, -0.1) is 0 Å². The lowest BCUT2D eigenvalue weighted by molar-refractivity contribution is 0.00386. The van der Waals surface area contributed by atoms with Crippen LogP contribution in [0.5, 0.6) is 5.88 Å². The fourth-order valence-corrected chi connectivity index (χ4v) is 1.20. The van der Waals surface area contributed by atoms with Crippen molar-refractivity contribution >= 4 is 0 Å². The summed E-state index contributed by atoms with van der Waals surface area (Å²) in [5.74, 6) is 0.442. The quantitative estimate of drug-likeness (QED) is 0.802. The molecule has 0 spiro atoms. The van der Waals surface area contributed by atoms with Crippen molar-refractivity contribution in [1.82, 2.24) is 4.98 Å². The lowest BCUT2D eigenvalue weighted by Crippen LogP contribution is -2.13. The molecule has 0 saturated heterocycles. The van der Waals surface area contributed by atoms with Gasteiger partial charge in [-0.25, -0.2) is 4.98 Å². The van der Waals surface area contributed by atoms with Crippen molar-refractivity contribution in [3.8, 4) is 5.88 Å². The number of aliphatic hydroxyl groups is 1. The van der Waals surface area contributed by atoms with Crippen LogP contribution in [0.4, 0.5) is 0 Å². The van der Waals surface area contributed by atoms with E-state index in [2.05, 4.69) is 4.98 Å². The van der Waals surface area contributed by atoms with E-state index in [0.717, 1.165) is 0 Å². The summed E-state index contributed by atoms with van der Waals surface area (Å²) in [6, 6.07) is 3.54. The molecule has 1 rings (SSSR count). The smallest absolute Gasteiger partial charge is 0.218 e. The highest BCUT2D eigenvalue weighted by Crippen LogP contribution is 2.22. The molecule has 0 aliphatic rings. The molecule has 1 atom stereocenters. The molecule has 0 saturated carbocycles. The van der Waals surface area contributed by atoms with Crippen molar-refractivity contribution in [2.45, 2.75) is 26.1 Å². The molecule has 1 N–H and O–H groups in total. The van der Waals surface area contributed by atoms with E-state index in [1.54, 1.807) is 18.3 Å². The summed E-state index contributed by atoms with van der Waals surface area (Å²) in [6.45, 7) is 4.10. The molecule has 0 bridgehead atoms. The maximum Gasteiger partial charge on any atom is 0.218 e. The predicted octanol–water partition coefficient (Wildman–Crippen LogP) is 1.55. The summed E-state index contributed by atoms with van der Waals surface area (Å²) in [5.41, 5.74) is 0.653. The number of pyridine rings is 1. The summed E-state index contributed by atoms with van der Waals surface area (Å²) >= 11 is 0. The molecule has 0 fully saturated rings. The molecular formula is C11H17NO3. The van der Waals surface area contributed by atoms with Gasteiger partial charge in [0.25, 0.3) is 0 Å². The molecule has 0 radical (unpaired) electrons. The third-order valence-electron chi connectivity index (χ3n) is 1.94. The molecule has 84 valence electrons. The van der Waals surface area contributed by atoms with E-state index >= 15 is 0 Å². The Balaban J connectivity index is 2.68. The molecular weight excluding hydrogens is 194 g/mol. The topological polar surface area (TPSA) is 51.6 Å². The zero-order valence-electron chi connectivity index (χ0n) is 9.30. The van der Waals surface area contributed by atoms with E-state index in [-0.39, 0.29) is 12.7 Å². The Bertz CT molecular complexity index is 302. The first-order valence-corrected chi connectivity index (χ1v) is 4.93. The van der Waals surface area contributed by atoms with Gasteiger partial charge in [0.05, 0.1) is 19.8 Å². The van der Waals surface area contributed by atoms with Crippen molar-refractivity contribution in [3.05, 3.63) is 23.9 Å². The number of hydrogen-bond acceptors (Lipinski definition) is 4. The fraction of sp³-hybridized carbons (Fsp3) is 0.545. The van der Waals surface area contributed by atoms with E-state index in [1.807, 2.05) is 13.8 Å². The number of aromatic nitrogens is 1. The Kier molecular flexibility index (Phi) is 4.52. The Hall–Kier alpha value is -1.13. The van der Waals surface area contributed by atoms with E-state index in [4.69, 9.17) is 9.47 Å². The summed E-state index contributed by atoms with van der Waals surface area (Å²) < 4.78 is 10.4. The maximum absolute atomic E-state index is 9.84. The second-order valence-electron chi connectivity index (χ2n) is 3.50. The molecule has 15 heavy (non-hydrogen) atoms. The molecule has 0 aromatic carbocycles. The van der Waals surface area contributed by atoms with Crippen molar-refractivity contribution in [2.24, 2.45) is 0 Å². The summed E-state index contributed by atoms with van der Waals surface area (Å²) in [5, 5.41) is 9.84. The van der Waals surface area contributed by atoms with Crippen LogP contribution < -0.4 is 4.74 Å². The normalized spacial score (nSPS) is 12.9. The second kappa shape index (κ2) is 5.68. The largest absolute Gasteiger partial charge is 0.481 e. The lowest BCUT2D eigenvalue weighted by Gasteiger charge is -2.15. The predicted molar refractivity (Wildman–Crippen MR) is 56.8 cm³/mol. The molecule has 0 aliphatic heterocycles. The van der Waals surface area contributed by atoms with Crippen molar-refractivity contribution in [2.75, 3.05) is 13.7 Å². The maximum atomic E-state index is 9.84. The zero-order valence-corrected chi connectivity index (χ0v) is 9.30. The Morgan fingerprint density at radius 1 is 1.47 bits per heavy atom. The monoisotopic (exact) mass is 211 g/mol. The molecule has 1 aromatic heterocycles. The van der Waals surface area contributed by atoms with Gasteiger partial charge in [-0.2, -0.15) is 0 Å². The number of ether oxygens (including phenoxy) is 2. The number of nitrogens with zero attached hydrogens (tertiary/aromatic N) is 1. The van der Waals surface area contributed by atoms with Crippen LogP contribution in [0.15, 0.2) is 18.3 Å². The second-order valence-corrected chi connectivity index (χ2v) is 3.50. The van der Waals surface area contributed by atoms with E-state index < -0.39 is 6.10 Å². The van der Waals surface area contributed by atoms with Crippen molar-refractivity contribution in [1.29, 1.82) is 0 Å². The van der Waals surface area contributed by atoms with Crippen LogP contribution in [0.2, 0.25) is 0 Å². The van der Waals surface area contributed by atoms with Crippen LogP contribution in [0, 0.1) is 0 Å². The van der Waals surface area contributed by atoms with Gasteiger partial charge >= 0.3 is 0 Å². The first-order valence-electron chi connectivity index (χ1n) is 4.93. The van der Waals surface area contributed by atoms with E-state index in [0.29, 0.717) is 11.4 Å². The van der Waals surface area contributed by atoms with Gasteiger partial charge in [-0.3, -0.25) is 0 Å². The van der Waals surface area contributed by atoms with E-state index in [9.17, 15) is 5.11 Å². The summed E-state index contributed by atoms with van der Waals surface area (Å²) in [7, 11) is 1.53. The highest BCUT2D eigenvalue weighted by molar-refractivity contribution is 5.27. The average Bonchev–Trinajstić information content (AvgIpc) is 2.25. The molecule has 4 heteroatoms. The van der Waals surface area contributed by atoms with Gasteiger partial charge in [0, 0.05) is 11.8 Å². The van der Waals surface area contributed by atoms with Gasteiger partial charge < -0.3 is 14.6 Å². The zero-order chi connectivity index (χ0) is 11.3. The highest BCUT2D eigenvalue weighted by Gasteiger charge is 2.14. The van der Waals surface area contributed by atoms with Crippen LogP contribution in [-0.4, -0.2) is 29.9 Å². The minimum atomic E-state index is -0.698. The standard InChI is InChI=1S/C11H17NO3/c1-8(2)15-7-10(13)9-5-4-6-12-11(9)14-3/h4-6,8,10,13H,7H2,1-3H3. The van der Waals surface area contributed by atoms with Crippen LogP contribution >= 0.6 is 0 Å². The first-order chi connectivity index (χ1) is 7.15. The average molecular weight is 211 g/mol. The van der Waals surface area contributed by atoms with Crippen LogP contribution in [0.1, 0.15) is 25.5 Å². The lowest BCUT2D eigenvalue weighted by atomic mass is 10.1. The van der Waals surface area contributed by atoms with E-state index in [1.165, 1.54) is 7.11 Å². The third-order valence-corrected chi connectivity index (χ3v) is 1.94. The number of methoxy groups -OCH3 is 1. The highest BCUT2D eigenvalue weighted by atomic mass is 16.5. The summed E-state index contributed by atoms with van der Waals surface area (Å²) in [4.78, 5) is 4.01. The van der Waals surface area contributed by atoms with Gasteiger partial charge in [0.15, 0.2) is 0 Å². The van der Waals surface area contributed by atoms with Gasteiger partial charge in [-0.1, -0.05) is 0 Å². The van der Waals surface area contributed by atoms with Gasteiger partial charge in [0.2, 0.25) is 5.88 Å². The van der Waals surface area contributed by atoms with Gasteiger partial charge in [0.1, 0.15) is 6.10 Å². The fourth-order valence-electron chi connectivity index (χ4n) is 1.20. The number of hydrogen-bond donors (Lipinski definition) is 1. The third kappa shape index (κ3) is 3.49. The minimum Gasteiger partial charge on any atom is -0.481 e. The van der Waals surface area contributed by atoms with Crippen LogP contribution in [0.3, 0.4) is 0 Å². The molecule has 0 amide bonds. The molecule has 4 nitrogen and oxygen atoms in total. The summed E-state index contributed by atoms with van der Waals surface area (Å²) in [6.07, 6.45) is 1.02. The van der Waals surface area contributed by atoms with Gasteiger partial charge in [-0.05, 0) is 26.0 Å². The van der Waals surface area contributed by atoms with Crippen molar-refractivity contribution in [3.63, 3.8) is 0 Å². The molecule has 1 unspecified atom stereocenters. The Morgan fingerprint density at radius 2 is 2.20 bits per heavy atom. The number of aliphatic hydroxyl groups excluding tert-OH is 1. The SMILES string of the molecule is COc1ncccc1C(O)COC(C)C. The van der Waals surface area contributed by atoms with Crippen molar-refractivity contribution < 1.29 is 14.6 Å². The molecule has 0 aliphatic carbocycles.